The summed E-state index contributed by atoms with van der Waals surface area (Å²) >= 11 is 2.08. The molecule has 0 aromatic heterocycles. The topological polar surface area (TPSA) is 92.8 Å². The van der Waals surface area contributed by atoms with Gasteiger partial charge in [0, 0.05) is 21.3 Å². The number of esters is 1. The Morgan fingerprint density at radius 2 is 1.87 bits per heavy atom. The van der Waals surface area contributed by atoms with Crippen LogP contribution in [-0.2, 0) is 19.1 Å². The number of ether oxygens (including phenoxy) is 1. The summed E-state index contributed by atoms with van der Waals surface area (Å²) in [4.78, 5) is 46.9. The molecule has 1 aromatic rings. The molecular formula is C15H13IN2O5. The van der Waals surface area contributed by atoms with E-state index in [1.54, 1.807) is 18.2 Å². The van der Waals surface area contributed by atoms with Gasteiger partial charge in [-0.2, -0.15) is 0 Å². The number of benzene rings is 1. The summed E-state index contributed by atoms with van der Waals surface area (Å²) in [5.41, 5.74) is 0.448. The molecule has 1 aliphatic heterocycles. The molecule has 1 N–H and O–H groups in total. The molecule has 0 fully saturated rings. The van der Waals surface area contributed by atoms with Crippen LogP contribution in [-0.4, -0.2) is 48.3 Å². The fourth-order valence-electron chi connectivity index (χ4n) is 1.84. The van der Waals surface area contributed by atoms with Crippen LogP contribution >= 0.6 is 22.6 Å². The van der Waals surface area contributed by atoms with Crippen molar-refractivity contribution >= 4 is 46.3 Å². The molecule has 1 aromatic carbocycles. The van der Waals surface area contributed by atoms with Crippen LogP contribution in [0.5, 0.6) is 0 Å². The second-order valence-electron chi connectivity index (χ2n) is 4.57. The molecule has 2 rings (SSSR count). The number of amides is 3. The minimum atomic E-state index is -0.643. The molecule has 8 heteroatoms. The molecule has 1 heterocycles. The lowest BCUT2D eigenvalue weighted by Crippen LogP contribution is -2.35. The van der Waals surface area contributed by atoms with Crippen LogP contribution in [0.25, 0.3) is 0 Å². The number of carbonyl (C=O) groups excluding carboxylic acids is 4. The van der Waals surface area contributed by atoms with E-state index in [4.69, 9.17) is 4.74 Å². The summed E-state index contributed by atoms with van der Waals surface area (Å²) in [6.45, 7) is -0.414. The summed E-state index contributed by atoms with van der Waals surface area (Å²) in [5, 5.41) is 2.45. The van der Waals surface area contributed by atoms with Gasteiger partial charge in [-0.1, -0.05) is 6.07 Å². The van der Waals surface area contributed by atoms with Crippen molar-refractivity contribution in [3.05, 3.63) is 45.6 Å². The van der Waals surface area contributed by atoms with Crippen molar-refractivity contribution in [3.8, 4) is 0 Å². The van der Waals surface area contributed by atoms with Crippen LogP contribution in [0.3, 0.4) is 0 Å². The van der Waals surface area contributed by atoms with Gasteiger partial charge in [-0.25, -0.2) is 0 Å². The van der Waals surface area contributed by atoms with Gasteiger partial charge in [-0.3, -0.25) is 24.1 Å². The van der Waals surface area contributed by atoms with Crippen molar-refractivity contribution in [2.75, 3.05) is 19.7 Å². The molecule has 0 bridgehead atoms. The lowest BCUT2D eigenvalue weighted by atomic mass is 10.2. The molecule has 0 saturated carbocycles. The number of hydrogen-bond donors (Lipinski definition) is 1. The van der Waals surface area contributed by atoms with Crippen molar-refractivity contribution < 1.29 is 23.9 Å². The van der Waals surface area contributed by atoms with Gasteiger partial charge >= 0.3 is 5.97 Å². The standard InChI is InChI=1S/C15H13IN2O5/c16-11-3-1-2-10(8-11)15(22)17-9-14(21)23-7-6-18-12(19)4-5-13(18)20/h1-5,8H,6-7,9H2,(H,17,22). The molecule has 0 saturated heterocycles. The normalized spacial score (nSPS) is 13.3. The van der Waals surface area contributed by atoms with Crippen LogP contribution in [0.1, 0.15) is 10.4 Å². The van der Waals surface area contributed by atoms with Crippen LogP contribution in [0.4, 0.5) is 0 Å². The highest BCUT2D eigenvalue weighted by Gasteiger charge is 2.23. The van der Waals surface area contributed by atoms with E-state index in [1.807, 2.05) is 6.07 Å². The van der Waals surface area contributed by atoms with Gasteiger partial charge in [0.15, 0.2) is 0 Å². The third-order valence-electron chi connectivity index (χ3n) is 2.96. The molecule has 0 radical (unpaired) electrons. The summed E-state index contributed by atoms with van der Waals surface area (Å²) < 4.78 is 5.79. The first kappa shape index (κ1) is 17.1. The Balaban J connectivity index is 1.70. The maximum atomic E-state index is 11.8. The fourth-order valence-corrected chi connectivity index (χ4v) is 2.38. The molecule has 3 amide bonds. The molecule has 120 valence electrons. The smallest absolute Gasteiger partial charge is 0.325 e. The lowest BCUT2D eigenvalue weighted by Gasteiger charge is -2.13. The van der Waals surface area contributed by atoms with Gasteiger partial charge in [-0.05, 0) is 40.8 Å². The Labute approximate surface area is 145 Å². The SMILES string of the molecule is O=C(CNC(=O)c1cccc(I)c1)OCCN1C(=O)C=CC1=O. The van der Waals surface area contributed by atoms with E-state index < -0.39 is 17.8 Å². The number of carbonyl (C=O) groups is 4. The third kappa shape index (κ3) is 4.88. The van der Waals surface area contributed by atoms with Gasteiger partial charge < -0.3 is 10.1 Å². The molecule has 7 nitrogen and oxygen atoms in total. The monoisotopic (exact) mass is 428 g/mol. The van der Waals surface area contributed by atoms with Crippen LogP contribution in [0.15, 0.2) is 36.4 Å². The number of nitrogens with zero attached hydrogens (tertiary/aromatic N) is 1. The first-order valence-electron chi connectivity index (χ1n) is 6.70. The maximum Gasteiger partial charge on any atom is 0.325 e. The van der Waals surface area contributed by atoms with Crippen LogP contribution < -0.4 is 5.32 Å². The van der Waals surface area contributed by atoms with Gasteiger partial charge in [0.25, 0.3) is 17.7 Å². The first-order chi connectivity index (χ1) is 11.0. The zero-order valence-electron chi connectivity index (χ0n) is 12.0. The molecular weight excluding hydrogens is 415 g/mol. The van der Waals surface area contributed by atoms with Gasteiger partial charge in [0.05, 0.1) is 6.54 Å². The summed E-state index contributed by atoms with van der Waals surface area (Å²) in [5.74, 6) is -1.89. The van der Waals surface area contributed by atoms with E-state index in [1.165, 1.54) is 0 Å². The second-order valence-corrected chi connectivity index (χ2v) is 5.82. The van der Waals surface area contributed by atoms with Gasteiger partial charge in [-0.15, -0.1) is 0 Å². The zero-order valence-corrected chi connectivity index (χ0v) is 14.1. The molecule has 0 spiro atoms. The highest BCUT2D eigenvalue weighted by molar-refractivity contribution is 14.1. The summed E-state index contributed by atoms with van der Waals surface area (Å²) in [6.07, 6.45) is 2.32. The average Bonchev–Trinajstić information content (AvgIpc) is 2.84. The zero-order chi connectivity index (χ0) is 16.8. The predicted molar refractivity (Wildman–Crippen MR) is 88.3 cm³/mol. The predicted octanol–water partition coefficient (Wildman–Crippen LogP) is 0.489. The highest BCUT2D eigenvalue weighted by Crippen LogP contribution is 2.07. The molecule has 0 unspecified atom stereocenters. The highest BCUT2D eigenvalue weighted by atomic mass is 127. The third-order valence-corrected chi connectivity index (χ3v) is 3.63. The van der Waals surface area contributed by atoms with E-state index >= 15 is 0 Å². The van der Waals surface area contributed by atoms with Crippen LogP contribution in [0.2, 0.25) is 0 Å². The van der Waals surface area contributed by atoms with Crippen molar-refractivity contribution in [1.82, 2.24) is 10.2 Å². The van der Waals surface area contributed by atoms with E-state index in [0.29, 0.717) is 5.56 Å². The summed E-state index contributed by atoms with van der Waals surface area (Å²) in [7, 11) is 0. The van der Waals surface area contributed by atoms with E-state index in [2.05, 4.69) is 27.9 Å². The largest absolute Gasteiger partial charge is 0.462 e. The Morgan fingerprint density at radius 3 is 2.52 bits per heavy atom. The molecule has 0 aliphatic carbocycles. The summed E-state index contributed by atoms with van der Waals surface area (Å²) in [6, 6.07) is 6.92. The Bertz CT molecular complexity index is 668. The van der Waals surface area contributed by atoms with Gasteiger partial charge in [0.1, 0.15) is 13.2 Å². The first-order valence-corrected chi connectivity index (χ1v) is 7.78. The maximum absolute atomic E-state index is 11.8. The minimum absolute atomic E-state index is 0.0127. The van der Waals surface area contributed by atoms with E-state index in [9.17, 15) is 19.2 Å². The van der Waals surface area contributed by atoms with E-state index in [0.717, 1.165) is 20.6 Å². The van der Waals surface area contributed by atoms with Crippen molar-refractivity contribution in [2.24, 2.45) is 0 Å². The van der Waals surface area contributed by atoms with Crippen molar-refractivity contribution in [2.45, 2.75) is 0 Å². The van der Waals surface area contributed by atoms with Crippen LogP contribution in [0, 0.1) is 3.57 Å². The van der Waals surface area contributed by atoms with E-state index in [-0.39, 0.29) is 25.6 Å². The number of hydrogen-bond acceptors (Lipinski definition) is 5. The lowest BCUT2D eigenvalue weighted by molar-refractivity contribution is -0.146. The number of rotatable bonds is 6. The molecule has 23 heavy (non-hydrogen) atoms. The Morgan fingerprint density at radius 1 is 1.17 bits per heavy atom. The Hall–Kier alpha value is -2.23. The quantitative estimate of drug-likeness (QED) is 0.405. The minimum Gasteiger partial charge on any atom is -0.462 e. The molecule has 0 atom stereocenters. The average molecular weight is 428 g/mol. The number of imide groups is 1. The number of nitrogens with one attached hydrogen (secondary N) is 1. The fraction of sp³-hybridized carbons (Fsp3) is 0.200. The number of halogens is 1. The van der Waals surface area contributed by atoms with Crippen molar-refractivity contribution in [1.29, 1.82) is 0 Å². The molecule has 1 aliphatic rings. The second kappa shape index (κ2) is 7.86. The van der Waals surface area contributed by atoms with Crippen molar-refractivity contribution in [3.63, 3.8) is 0 Å². The van der Waals surface area contributed by atoms with Gasteiger partial charge in [0.2, 0.25) is 0 Å². The Kier molecular flexibility index (Phi) is 5.85.